The number of amides is 2. The summed E-state index contributed by atoms with van der Waals surface area (Å²) >= 11 is 0. The molecule has 0 bridgehead atoms. The third-order valence-electron chi connectivity index (χ3n) is 4.39. The minimum Gasteiger partial charge on any atom is -0.465 e. The molecule has 29 heavy (non-hydrogen) atoms. The lowest BCUT2D eigenvalue weighted by atomic mass is 10.1. The first-order valence-electron chi connectivity index (χ1n) is 9.03. The molecule has 0 aliphatic carbocycles. The Balaban J connectivity index is 1.50. The zero-order valence-electron chi connectivity index (χ0n) is 16.6. The Morgan fingerprint density at radius 2 is 1.97 bits per heavy atom. The van der Waals surface area contributed by atoms with E-state index >= 15 is 0 Å². The molecule has 2 amide bonds. The number of benzene rings is 1. The lowest BCUT2D eigenvalue weighted by Gasteiger charge is -2.16. The van der Waals surface area contributed by atoms with Gasteiger partial charge in [0.15, 0.2) is 0 Å². The number of hydrogen-bond acceptors (Lipinski definition) is 6. The van der Waals surface area contributed by atoms with Crippen LogP contribution in [0.25, 0.3) is 0 Å². The van der Waals surface area contributed by atoms with Crippen LogP contribution in [0.4, 0.5) is 4.79 Å². The fourth-order valence-electron chi connectivity index (χ4n) is 2.82. The highest BCUT2D eigenvalue weighted by atomic mass is 16.5. The van der Waals surface area contributed by atoms with E-state index in [0.29, 0.717) is 30.2 Å². The van der Waals surface area contributed by atoms with Crippen LogP contribution in [0, 0.1) is 6.92 Å². The predicted molar refractivity (Wildman–Crippen MR) is 104 cm³/mol. The molecule has 0 aliphatic rings. The number of methoxy groups -OCH3 is 1. The van der Waals surface area contributed by atoms with Crippen molar-refractivity contribution in [2.75, 3.05) is 14.2 Å². The Hall–Kier alpha value is -3.62. The minimum atomic E-state index is -0.461. The molecular formula is C20H23N5O4. The average Bonchev–Trinajstić information content (AvgIpc) is 3.36. The molecule has 152 valence electrons. The molecule has 9 heteroatoms. The average molecular weight is 397 g/mol. The zero-order chi connectivity index (χ0) is 20.8. The van der Waals surface area contributed by atoms with E-state index in [1.54, 1.807) is 31.0 Å². The number of aromatic nitrogens is 3. The van der Waals surface area contributed by atoms with Gasteiger partial charge in [-0.25, -0.2) is 19.3 Å². The Morgan fingerprint density at radius 1 is 1.24 bits per heavy atom. The third-order valence-corrected chi connectivity index (χ3v) is 4.39. The summed E-state index contributed by atoms with van der Waals surface area (Å²) in [5.74, 6) is 0.515. The van der Waals surface area contributed by atoms with Gasteiger partial charge in [-0.05, 0) is 24.1 Å². The molecule has 0 saturated carbocycles. The molecule has 1 aromatic carbocycles. The fraction of sp³-hybridized carbons (Fsp3) is 0.300. The van der Waals surface area contributed by atoms with Crippen LogP contribution in [0.15, 0.2) is 47.4 Å². The maximum absolute atomic E-state index is 12.3. The van der Waals surface area contributed by atoms with E-state index in [2.05, 4.69) is 15.4 Å². The van der Waals surface area contributed by atoms with Crippen molar-refractivity contribution in [3.63, 3.8) is 0 Å². The van der Waals surface area contributed by atoms with Gasteiger partial charge in [0.25, 0.3) is 0 Å². The Labute approximate surface area is 168 Å². The van der Waals surface area contributed by atoms with E-state index in [1.165, 1.54) is 18.3 Å². The number of ether oxygens (including phenoxy) is 1. The molecule has 0 saturated heterocycles. The number of rotatable bonds is 7. The SMILES string of the molecule is COC(=O)c1cc(CN(C)C(=O)NCc2ccc(Cn3cncn3)cc2)oc1C. The second-order valence-electron chi connectivity index (χ2n) is 6.60. The van der Waals surface area contributed by atoms with Gasteiger partial charge in [0, 0.05) is 13.6 Å². The van der Waals surface area contributed by atoms with Crippen molar-refractivity contribution in [3.05, 3.63) is 71.2 Å². The van der Waals surface area contributed by atoms with Gasteiger partial charge in [0.05, 0.1) is 20.2 Å². The van der Waals surface area contributed by atoms with E-state index in [4.69, 9.17) is 9.15 Å². The number of furan rings is 1. The van der Waals surface area contributed by atoms with Crippen molar-refractivity contribution in [1.29, 1.82) is 0 Å². The number of carbonyl (C=O) groups is 2. The van der Waals surface area contributed by atoms with Crippen molar-refractivity contribution >= 4 is 12.0 Å². The quantitative estimate of drug-likeness (QED) is 0.614. The van der Waals surface area contributed by atoms with E-state index in [0.717, 1.165) is 11.1 Å². The Kier molecular flexibility index (Phi) is 6.28. The Bertz CT molecular complexity index is 963. The van der Waals surface area contributed by atoms with E-state index in [-0.39, 0.29) is 12.6 Å². The highest BCUT2D eigenvalue weighted by molar-refractivity contribution is 5.90. The van der Waals surface area contributed by atoms with E-state index in [1.807, 2.05) is 24.3 Å². The van der Waals surface area contributed by atoms with Gasteiger partial charge in [0.1, 0.15) is 29.7 Å². The van der Waals surface area contributed by atoms with Crippen LogP contribution in [0.1, 0.15) is 33.0 Å². The second kappa shape index (κ2) is 9.05. The number of nitrogens with one attached hydrogen (secondary N) is 1. The van der Waals surface area contributed by atoms with Crippen molar-refractivity contribution < 1.29 is 18.7 Å². The maximum atomic E-state index is 12.3. The number of nitrogens with zero attached hydrogens (tertiary/aromatic N) is 4. The van der Waals surface area contributed by atoms with Crippen LogP contribution in [0.3, 0.4) is 0 Å². The van der Waals surface area contributed by atoms with Crippen LogP contribution in [0.2, 0.25) is 0 Å². The molecule has 2 aromatic heterocycles. The largest absolute Gasteiger partial charge is 0.465 e. The summed E-state index contributed by atoms with van der Waals surface area (Å²) in [7, 11) is 2.97. The number of esters is 1. The van der Waals surface area contributed by atoms with Gasteiger partial charge in [-0.2, -0.15) is 5.10 Å². The predicted octanol–water partition coefficient (Wildman–Crippen LogP) is 2.36. The lowest BCUT2D eigenvalue weighted by molar-refractivity contribution is 0.0598. The van der Waals surface area contributed by atoms with Crippen molar-refractivity contribution in [2.24, 2.45) is 0 Å². The molecule has 3 aromatic rings. The molecule has 9 nitrogen and oxygen atoms in total. The van der Waals surface area contributed by atoms with Crippen LogP contribution < -0.4 is 5.32 Å². The standard InChI is InChI=1S/C20H23N5O4/c1-14-18(19(26)28-3)8-17(29-14)11-24(2)20(27)22-9-15-4-6-16(7-5-15)10-25-13-21-12-23-25/h4-8,12-13H,9-11H2,1-3H3,(H,22,27). The smallest absolute Gasteiger partial charge is 0.341 e. The molecule has 0 radical (unpaired) electrons. The third kappa shape index (κ3) is 5.22. The van der Waals surface area contributed by atoms with Crippen LogP contribution in [0.5, 0.6) is 0 Å². The van der Waals surface area contributed by atoms with Crippen molar-refractivity contribution in [2.45, 2.75) is 26.6 Å². The summed E-state index contributed by atoms with van der Waals surface area (Å²) in [4.78, 5) is 29.4. The molecule has 1 N–H and O–H groups in total. The molecule has 0 atom stereocenters. The number of urea groups is 1. The summed E-state index contributed by atoms with van der Waals surface area (Å²) < 4.78 is 12.0. The summed E-state index contributed by atoms with van der Waals surface area (Å²) in [6, 6.07) is 9.26. The van der Waals surface area contributed by atoms with Crippen LogP contribution in [-0.4, -0.2) is 45.8 Å². The number of carbonyl (C=O) groups excluding carboxylic acids is 2. The lowest BCUT2D eigenvalue weighted by Crippen LogP contribution is -2.36. The molecule has 0 spiro atoms. The monoisotopic (exact) mass is 397 g/mol. The van der Waals surface area contributed by atoms with Crippen molar-refractivity contribution in [1.82, 2.24) is 25.0 Å². The molecule has 3 rings (SSSR count). The first kappa shape index (κ1) is 20.1. The molecule has 0 aliphatic heterocycles. The summed E-state index contributed by atoms with van der Waals surface area (Å²) in [5, 5.41) is 6.94. The van der Waals surface area contributed by atoms with Gasteiger partial charge in [0.2, 0.25) is 0 Å². The zero-order valence-corrected chi connectivity index (χ0v) is 16.6. The van der Waals surface area contributed by atoms with Gasteiger partial charge in [-0.1, -0.05) is 24.3 Å². The van der Waals surface area contributed by atoms with Crippen LogP contribution >= 0.6 is 0 Å². The summed E-state index contributed by atoms with van der Waals surface area (Å²) in [5.41, 5.74) is 2.44. The molecule has 0 fully saturated rings. The molecular weight excluding hydrogens is 374 g/mol. The van der Waals surface area contributed by atoms with Crippen LogP contribution in [-0.2, 0) is 24.4 Å². The number of aryl methyl sites for hydroxylation is 1. The topological polar surface area (TPSA) is 102 Å². The van der Waals surface area contributed by atoms with Gasteiger partial charge >= 0.3 is 12.0 Å². The number of hydrogen-bond donors (Lipinski definition) is 1. The highest BCUT2D eigenvalue weighted by Gasteiger charge is 2.17. The highest BCUT2D eigenvalue weighted by Crippen LogP contribution is 2.17. The van der Waals surface area contributed by atoms with Gasteiger partial charge in [-0.15, -0.1) is 0 Å². The molecule has 0 unspecified atom stereocenters. The molecule has 2 heterocycles. The summed E-state index contributed by atoms with van der Waals surface area (Å²) in [6.07, 6.45) is 3.17. The Morgan fingerprint density at radius 3 is 2.62 bits per heavy atom. The van der Waals surface area contributed by atoms with Crippen molar-refractivity contribution in [3.8, 4) is 0 Å². The normalized spacial score (nSPS) is 10.6. The summed E-state index contributed by atoms with van der Waals surface area (Å²) in [6.45, 7) is 2.96. The van der Waals surface area contributed by atoms with Gasteiger partial charge < -0.3 is 19.4 Å². The second-order valence-corrected chi connectivity index (χ2v) is 6.60. The van der Waals surface area contributed by atoms with E-state index in [9.17, 15) is 9.59 Å². The first-order valence-corrected chi connectivity index (χ1v) is 9.03. The maximum Gasteiger partial charge on any atom is 0.341 e. The van der Waals surface area contributed by atoms with Gasteiger partial charge in [-0.3, -0.25) is 0 Å². The first-order chi connectivity index (χ1) is 14.0. The fourth-order valence-corrected chi connectivity index (χ4v) is 2.82. The van der Waals surface area contributed by atoms with E-state index < -0.39 is 5.97 Å². The minimum absolute atomic E-state index is 0.237.